The van der Waals surface area contributed by atoms with E-state index in [0.29, 0.717) is 0 Å². The summed E-state index contributed by atoms with van der Waals surface area (Å²) in [6.45, 7) is 3.69. The molecule has 0 unspecified atom stereocenters. The maximum Gasteiger partial charge on any atom is 0.156 e. The topological polar surface area (TPSA) is 17.1 Å². The van der Waals surface area contributed by atoms with Crippen molar-refractivity contribution in [1.82, 2.24) is 0 Å². The molecule has 0 aromatic rings. The first kappa shape index (κ1) is 8.42. The van der Waals surface area contributed by atoms with Crippen LogP contribution >= 0.6 is 8.20 Å². The molecule has 0 bridgehead atoms. The lowest BCUT2D eigenvalue weighted by molar-refractivity contribution is -0.113. The SMILES string of the molecule is CP=C1C=CCC(C(C)=O)=C1. The van der Waals surface area contributed by atoms with Crippen LogP contribution in [0.25, 0.3) is 0 Å². The number of rotatable bonds is 1. The average Bonchev–Trinajstić information content (AvgIpc) is 2.05. The highest BCUT2D eigenvalue weighted by Crippen LogP contribution is 2.13. The van der Waals surface area contributed by atoms with E-state index in [2.05, 4.69) is 12.7 Å². The maximum absolute atomic E-state index is 10.9. The van der Waals surface area contributed by atoms with Crippen LogP contribution in [0.3, 0.4) is 0 Å². The normalized spacial score (nSPS) is 20.2. The molecule has 0 fully saturated rings. The van der Waals surface area contributed by atoms with E-state index < -0.39 is 0 Å². The summed E-state index contributed by atoms with van der Waals surface area (Å²) in [6.07, 6.45) is 6.91. The third-order valence-corrected chi connectivity index (χ3v) is 2.45. The van der Waals surface area contributed by atoms with Crippen molar-refractivity contribution in [2.75, 3.05) is 6.66 Å². The molecule has 0 aliphatic heterocycles. The van der Waals surface area contributed by atoms with Gasteiger partial charge in [0.2, 0.25) is 0 Å². The minimum atomic E-state index is 0.190. The molecule has 0 N–H and O–H groups in total. The summed E-state index contributed by atoms with van der Waals surface area (Å²) in [5.41, 5.74) is 0.928. The third-order valence-electron chi connectivity index (χ3n) is 1.66. The second kappa shape index (κ2) is 3.64. The molecule has 2 heteroatoms. The van der Waals surface area contributed by atoms with E-state index in [4.69, 9.17) is 0 Å². The number of carbonyl (C=O) groups is 1. The molecular weight excluding hydrogens is 155 g/mol. The predicted octanol–water partition coefficient (Wildman–Crippen LogP) is 2.21. The molecule has 1 nitrogen and oxygen atoms in total. The quantitative estimate of drug-likeness (QED) is 0.546. The van der Waals surface area contributed by atoms with Crippen LogP contribution < -0.4 is 0 Å². The van der Waals surface area contributed by atoms with E-state index >= 15 is 0 Å². The summed E-state index contributed by atoms with van der Waals surface area (Å²) in [4.78, 5) is 10.9. The van der Waals surface area contributed by atoms with Crippen LogP contribution in [-0.2, 0) is 4.79 Å². The highest BCUT2D eigenvalue weighted by molar-refractivity contribution is 7.40. The van der Waals surface area contributed by atoms with Gasteiger partial charge < -0.3 is 0 Å². The van der Waals surface area contributed by atoms with Gasteiger partial charge in [-0.05, 0) is 37.0 Å². The zero-order valence-electron chi connectivity index (χ0n) is 6.79. The van der Waals surface area contributed by atoms with Crippen molar-refractivity contribution in [3.05, 3.63) is 23.8 Å². The summed E-state index contributed by atoms with van der Waals surface area (Å²) >= 11 is 0. The Hall–Kier alpha value is -0.680. The predicted molar refractivity (Wildman–Crippen MR) is 50.4 cm³/mol. The Balaban J connectivity index is 2.86. The molecular formula is C9H11OP. The van der Waals surface area contributed by atoms with Crippen LogP contribution in [0.5, 0.6) is 0 Å². The molecule has 0 amide bonds. The highest BCUT2D eigenvalue weighted by atomic mass is 31.1. The molecule has 0 saturated heterocycles. The molecule has 1 aliphatic rings. The van der Waals surface area contributed by atoms with E-state index in [0.717, 1.165) is 12.0 Å². The Morgan fingerprint density at radius 3 is 2.91 bits per heavy atom. The zero-order chi connectivity index (χ0) is 8.27. The van der Waals surface area contributed by atoms with Gasteiger partial charge in [-0.2, -0.15) is 0 Å². The maximum atomic E-state index is 10.9. The van der Waals surface area contributed by atoms with Crippen LogP contribution in [0.4, 0.5) is 0 Å². The Kier molecular flexibility index (Phi) is 2.78. The van der Waals surface area contributed by atoms with Crippen LogP contribution in [0, 0.1) is 0 Å². The van der Waals surface area contributed by atoms with Crippen molar-refractivity contribution >= 4 is 19.3 Å². The largest absolute Gasteiger partial charge is 0.295 e. The van der Waals surface area contributed by atoms with E-state index in [1.165, 1.54) is 13.5 Å². The minimum absolute atomic E-state index is 0.190. The van der Waals surface area contributed by atoms with E-state index in [1.807, 2.05) is 12.2 Å². The van der Waals surface area contributed by atoms with Crippen molar-refractivity contribution in [1.29, 1.82) is 0 Å². The number of ketones is 1. The number of carbonyl (C=O) groups excluding carboxylic acids is 1. The second-order valence-corrected chi connectivity index (χ2v) is 3.44. The molecule has 0 aromatic carbocycles. The van der Waals surface area contributed by atoms with Gasteiger partial charge in [0.25, 0.3) is 0 Å². The van der Waals surface area contributed by atoms with Crippen molar-refractivity contribution < 1.29 is 4.79 Å². The lowest BCUT2D eigenvalue weighted by Gasteiger charge is -2.05. The summed E-state index contributed by atoms with van der Waals surface area (Å²) in [6, 6.07) is 0. The van der Waals surface area contributed by atoms with Gasteiger partial charge in [-0.25, -0.2) is 0 Å². The molecule has 0 spiro atoms. The van der Waals surface area contributed by atoms with E-state index in [1.54, 1.807) is 6.92 Å². The lowest BCUT2D eigenvalue weighted by Crippen LogP contribution is -2.02. The van der Waals surface area contributed by atoms with Crippen molar-refractivity contribution in [3.8, 4) is 0 Å². The fraction of sp³-hybridized carbons (Fsp3) is 0.333. The lowest BCUT2D eigenvalue weighted by atomic mass is 10.0. The molecule has 58 valence electrons. The van der Waals surface area contributed by atoms with Gasteiger partial charge in [0.05, 0.1) is 0 Å². The molecule has 0 aromatic heterocycles. The van der Waals surface area contributed by atoms with Gasteiger partial charge in [0.15, 0.2) is 5.78 Å². The van der Waals surface area contributed by atoms with Crippen LogP contribution in [0.1, 0.15) is 13.3 Å². The van der Waals surface area contributed by atoms with Gasteiger partial charge in [0, 0.05) is 0 Å². The number of hydrogen-bond donors (Lipinski definition) is 0. The zero-order valence-corrected chi connectivity index (χ0v) is 7.69. The van der Waals surface area contributed by atoms with Crippen molar-refractivity contribution in [2.24, 2.45) is 0 Å². The van der Waals surface area contributed by atoms with E-state index in [9.17, 15) is 4.79 Å². The summed E-state index contributed by atoms with van der Waals surface area (Å²) in [5, 5.41) is 1.22. The standard InChI is InChI=1S/C9H11OP/c1-7(10)8-4-3-5-9(6-8)11-2/h3,5-6H,4H2,1-2H3. The fourth-order valence-corrected chi connectivity index (χ4v) is 1.52. The highest BCUT2D eigenvalue weighted by Gasteiger charge is 2.05. The van der Waals surface area contributed by atoms with Gasteiger partial charge in [0.1, 0.15) is 0 Å². The number of allylic oxidation sites excluding steroid dienone is 4. The second-order valence-electron chi connectivity index (χ2n) is 2.48. The third kappa shape index (κ3) is 2.13. The Labute approximate surface area is 68.6 Å². The molecule has 1 rings (SSSR count). The monoisotopic (exact) mass is 166 g/mol. The van der Waals surface area contributed by atoms with E-state index in [-0.39, 0.29) is 5.78 Å². The average molecular weight is 166 g/mol. The van der Waals surface area contributed by atoms with Gasteiger partial charge >= 0.3 is 0 Å². The first-order chi connectivity index (χ1) is 5.24. The minimum Gasteiger partial charge on any atom is -0.295 e. The molecule has 0 radical (unpaired) electrons. The molecule has 1 aliphatic carbocycles. The smallest absolute Gasteiger partial charge is 0.156 e. The van der Waals surface area contributed by atoms with Gasteiger partial charge in [-0.3, -0.25) is 4.79 Å². The molecule has 0 saturated carbocycles. The van der Waals surface area contributed by atoms with Crippen LogP contribution in [-0.4, -0.2) is 17.7 Å². The van der Waals surface area contributed by atoms with Crippen LogP contribution in [0.15, 0.2) is 23.8 Å². The van der Waals surface area contributed by atoms with Crippen LogP contribution in [0.2, 0.25) is 0 Å². The Bertz CT molecular complexity index is 259. The molecule has 11 heavy (non-hydrogen) atoms. The summed E-state index contributed by atoms with van der Waals surface area (Å²) in [7, 11) is 1.23. The molecule has 0 atom stereocenters. The first-order valence-corrected chi connectivity index (χ1v) is 4.93. The number of hydrogen-bond acceptors (Lipinski definition) is 1. The number of Topliss-reactive ketones (excluding diaryl/α,β-unsaturated/α-hetero) is 1. The fourth-order valence-electron chi connectivity index (χ4n) is 0.977. The van der Waals surface area contributed by atoms with Gasteiger partial charge in [-0.1, -0.05) is 12.2 Å². The summed E-state index contributed by atoms with van der Waals surface area (Å²) in [5.74, 6) is 0.190. The van der Waals surface area contributed by atoms with Gasteiger partial charge in [-0.15, -0.1) is 8.20 Å². The van der Waals surface area contributed by atoms with Crippen molar-refractivity contribution in [3.63, 3.8) is 0 Å². The Morgan fingerprint density at radius 1 is 1.64 bits per heavy atom. The Morgan fingerprint density at radius 2 is 2.36 bits per heavy atom. The first-order valence-electron chi connectivity index (χ1n) is 3.59. The van der Waals surface area contributed by atoms with Crippen molar-refractivity contribution in [2.45, 2.75) is 13.3 Å². The molecule has 0 heterocycles. The summed E-state index contributed by atoms with van der Waals surface area (Å²) < 4.78 is 0.